The molecule has 2 aliphatic carbocycles. The van der Waals surface area contributed by atoms with E-state index in [-0.39, 0.29) is 15.8 Å². The summed E-state index contributed by atoms with van der Waals surface area (Å²) in [4.78, 5) is 0. The van der Waals surface area contributed by atoms with Gasteiger partial charge in [-0.1, -0.05) is 71.2 Å². The minimum Gasteiger partial charge on any atom is -0.376 e. The van der Waals surface area contributed by atoms with Crippen molar-refractivity contribution in [3.8, 4) is 0 Å². The van der Waals surface area contributed by atoms with E-state index in [0.717, 1.165) is 12.0 Å². The molecule has 0 saturated carbocycles. The van der Waals surface area contributed by atoms with Crippen molar-refractivity contribution >= 4 is 28.3 Å². The fraction of sp³-hybridized carbons (Fsp3) is 0.250. The molecule has 0 bridgehead atoms. The lowest BCUT2D eigenvalue weighted by atomic mass is 9.93. The number of halogens is 2. The third-order valence-corrected chi connectivity index (χ3v) is 4.62. The summed E-state index contributed by atoms with van der Waals surface area (Å²) in [5.41, 5.74) is 2.91. The summed E-state index contributed by atoms with van der Waals surface area (Å²) >= 11 is 2.32. The van der Waals surface area contributed by atoms with Crippen LogP contribution in [0.1, 0.15) is 27.9 Å². The van der Waals surface area contributed by atoms with Gasteiger partial charge in [-0.2, -0.15) is 0 Å². The number of alkyl halides is 1. The Morgan fingerprint density at radius 1 is 1.21 bits per heavy atom. The third kappa shape index (κ3) is 2.61. The van der Waals surface area contributed by atoms with Crippen LogP contribution >= 0.6 is 22.6 Å². The Balaban J connectivity index is 1.93. The van der Waals surface area contributed by atoms with Crippen molar-refractivity contribution < 1.29 is 4.39 Å². The van der Waals surface area contributed by atoms with Crippen LogP contribution in [-0.4, -0.2) is 6.04 Å². The van der Waals surface area contributed by atoms with Gasteiger partial charge in [0.15, 0.2) is 0 Å². The minimum absolute atomic E-state index is 0.0268. The van der Waals surface area contributed by atoms with Crippen molar-refractivity contribution in [2.24, 2.45) is 0 Å². The molecule has 0 amide bonds. The fourth-order valence-electron chi connectivity index (χ4n) is 2.54. The smallest absolute Gasteiger partial charge is 0.125 e. The zero-order valence-electron chi connectivity index (χ0n) is 10.4. The van der Waals surface area contributed by atoms with E-state index in [2.05, 4.69) is 46.1 Å². The average Bonchev–Trinajstić information content (AvgIpc) is 2.45. The van der Waals surface area contributed by atoms with E-state index in [9.17, 15) is 4.39 Å². The van der Waals surface area contributed by atoms with E-state index in [0.29, 0.717) is 12.1 Å². The lowest BCUT2D eigenvalue weighted by molar-refractivity contribution is 0.570. The van der Waals surface area contributed by atoms with Crippen LogP contribution in [0.5, 0.6) is 0 Å². The first-order valence-corrected chi connectivity index (χ1v) is 7.72. The largest absolute Gasteiger partial charge is 0.376 e. The Morgan fingerprint density at radius 3 is 2.84 bits per heavy atom. The van der Waals surface area contributed by atoms with Crippen molar-refractivity contribution in [3.63, 3.8) is 0 Å². The van der Waals surface area contributed by atoms with Crippen molar-refractivity contribution in [1.82, 2.24) is 5.32 Å². The van der Waals surface area contributed by atoms with Gasteiger partial charge in [0, 0.05) is 22.0 Å². The molecule has 1 aromatic carbocycles. The number of allylic oxidation sites excluding steroid dienone is 3. The van der Waals surface area contributed by atoms with Gasteiger partial charge in [0.05, 0.1) is 5.70 Å². The highest BCUT2D eigenvalue weighted by molar-refractivity contribution is 14.1. The van der Waals surface area contributed by atoms with E-state index >= 15 is 0 Å². The van der Waals surface area contributed by atoms with E-state index in [4.69, 9.17) is 0 Å². The number of nitrogens with one attached hydrogen (secondary N) is 1. The summed E-state index contributed by atoms with van der Waals surface area (Å²) < 4.78 is 14.5. The molecular formula is C16H15FIN. The average molecular weight is 367 g/mol. The van der Waals surface area contributed by atoms with E-state index in [1.807, 2.05) is 30.4 Å². The van der Waals surface area contributed by atoms with Crippen LogP contribution in [0.3, 0.4) is 0 Å². The predicted molar refractivity (Wildman–Crippen MR) is 85.7 cm³/mol. The molecule has 0 aliphatic heterocycles. The van der Waals surface area contributed by atoms with Crippen molar-refractivity contribution in [2.45, 2.75) is 22.8 Å². The van der Waals surface area contributed by atoms with Crippen LogP contribution in [-0.2, 0) is 0 Å². The Kier molecular flexibility index (Phi) is 3.73. The van der Waals surface area contributed by atoms with Crippen molar-refractivity contribution in [2.75, 3.05) is 0 Å². The Labute approximate surface area is 126 Å². The highest BCUT2D eigenvalue weighted by atomic mass is 127. The first-order valence-electron chi connectivity index (χ1n) is 6.47. The SMILES string of the molecule is FC1=C(NC2C=CC=CC2)c2ccccc2C(I)C1. The summed E-state index contributed by atoms with van der Waals surface area (Å²) in [5, 5.41) is 3.35. The zero-order valence-corrected chi connectivity index (χ0v) is 12.6. The molecule has 98 valence electrons. The summed E-state index contributed by atoms with van der Waals surface area (Å²) in [7, 11) is 0. The molecule has 3 heteroatoms. The maximum absolute atomic E-state index is 14.3. The molecule has 0 radical (unpaired) electrons. The van der Waals surface area contributed by atoms with E-state index in [1.54, 1.807) is 0 Å². The molecule has 0 aromatic heterocycles. The lowest BCUT2D eigenvalue weighted by Crippen LogP contribution is -2.28. The van der Waals surface area contributed by atoms with E-state index < -0.39 is 0 Å². The zero-order chi connectivity index (χ0) is 13.2. The molecule has 0 spiro atoms. The van der Waals surface area contributed by atoms with Gasteiger partial charge >= 0.3 is 0 Å². The molecule has 1 nitrogen and oxygen atoms in total. The van der Waals surface area contributed by atoms with Crippen LogP contribution in [0.2, 0.25) is 0 Å². The Bertz CT molecular complexity index is 574. The van der Waals surface area contributed by atoms with Gasteiger partial charge in [0.2, 0.25) is 0 Å². The standard InChI is InChI=1S/C16H15FIN/c17-14-10-15(18)12-8-4-5-9-13(12)16(14)19-11-6-2-1-3-7-11/h1-6,8-9,11,15,19H,7,10H2. The second-order valence-electron chi connectivity index (χ2n) is 4.84. The first kappa shape index (κ1) is 12.9. The highest BCUT2D eigenvalue weighted by Gasteiger charge is 2.26. The summed E-state index contributed by atoms with van der Waals surface area (Å²) in [5.74, 6) is -0.0268. The van der Waals surface area contributed by atoms with Gasteiger partial charge in [0.1, 0.15) is 5.83 Å². The molecule has 0 fully saturated rings. The molecule has 2 atom stereocenters. The molecule has 2 aliphatic rings. The second-order valence-corrected chi connectivity index (χ2v) is 6.34. The van der Waals surface area contributed by atoms with E-state index in [1.165, 1.54) is 5.56 Å². The molecular weight excluding hydrogens is 352 g/mol. The molecule has 0 heterocycles. The number of hydrogen-bond acceptors (Lipinski definition) is 1. The molecule has 3 rings (SSSR count). The topological polar surface area (TPSA) is 12.0 Å². The Morgan fingerprint density at radius 2 is 2.05 bits per heavy atom. The summed E-state index contributed by atoms with van der Waals surface area (Å²) in [6.07, 6.45) is 9.61. The molecule has 0 saturated heterocycles. The maximum atomic E-state index is 14.3. The molecule has 2 unspecified atom stereocenters. The van der Waals surface area contributed by atoms with Crippen LogP contribution in [0.15, 0.2) is 54.4 Å². The van der Waals surface area contributed by atoms with Gasteiger partial charge < -0.3 is 5.32 Å². The second kappa shape index (κ2) is 5.49. The maximum Gasteiger partial charge on any atom is 0.125 e. The number of fused-ring (bicyclic) bond motifs is 1. The van der Waals surface area contributed by atoms with Crippen LogP contribution in [0.25, 0.3) is 5.70 Å². The molecule has 1 N–H and O–H groups in total. The van der Waals surface area contributed by atoms with Crippen molar-refractivity contribution in [1.29, 1.82) is 0 Å². The van der Waals surface area contributed by atoms with Gasteiger partial charge in [-0.25, -0.2) is 4.39 Å². The summed E-state index contributed by atoms with van der Waals surface area (Å²) in [6, 6.07) is 8.28. The third-order valence-electron chi connectivity index (χ3n) is 3.51. The molecule has 19 heavy (non-hydrogen) atoms. The van der Waals surface area contributed by atoms with Crippen LogP contribution < -0.4 is 5.32 Å². The number of benzene rings is 1. The fourth-order valence-corrected chi connectivity index (χ4v) is 3.47. The lowest BCUT2D eigenvalue weighted by Gasteiger charge is -2.27. The monoisotopic (exact) mass is 367 g/mol. The predicted octanol–water partition coefficient (Wildman–Crippen LogP) is 4.68. The number of hydrogen-bond donors (Lipinski definition) is 1. The van der Waals surface area contributed by atoms with Crippen LogP contribution in [0, 0.1) is 0 Å². The molecule has 1 aromatic rings. The minimum atomic E-state index is -0.0268. The Hall–Kier alpha value is -1.10. The van der Waals surface area contributed by atoms with Gasteiger partial charge in [-0.05, 0) is 12.0 Å². The summed E-state index contributed by atoms with van der Waals surface area (Å²) in [6.45, 7) is 0. The highest BCUT2D eigenvalue weighted by Crippen LogP contribution is 2.41. The van der Waals surface area contributed by atoms with Gasteiger partial charge in [0.25, 0.3) is 0 Å². The first-order chi connectivity index (χ1) is 9.25. The normalized spacial score (nSPS) is 25.4. The number of rotatable bonds is 2. The van der Waals surface area contributed by atoms with Crippen LogP contribution in [0.4, 0.5) is 4.39 Å². The van der Waals surface area contributed by atoms with Gasteiger partial charge in [-0.15, -0.1) is 0 Å². The van der Waals surface area contributed by atoms with Crippen molar-refractivity contribution in [3.05, 3.63) is 65.5 Å². The quantitative estimate of drug-likeness (QED) is 0.591. The van der Waals surface area contributed by atoms with Gasteiger partial charge in [-0.3, -0.25) is 0 Å².